The minimum atomic E-state index is -0.566. The van der Waals surface area contributed by atoms with E-state index in [4.69, 9.17) is 5.73 Å². The summed E-state index contributed by atoms with van der Waals surface area (Å²) in [7, 11) is 1.95. The van der Waals surface area contributed by atoms with Gasteiger partial charge in [0.2, 0.25) is 0 Å². The van der Waals surface area contributed by atoms with E-state index in [0.29, 0.717) is 5.92 Å². The first-order valence-corrected chi connectivity index (χ1v) is 5.45. The first-order valence-electron chi connectivity index (χ1n) is 5.45. The molecule has 84 valence electrons. The lowest BCUT2D eigenvalue weighted by Crippen LogP contribution is -2.38. The van der Waals surface area contributed by atoms with E-state index in [1.165, 1.54) is 5.69 Å². The zero-order chi connectivity index (χ0) is 11.2. The summed E-state index contributed by atoms with van der Waals surface area (Å²) in [6.45, 7) is 4.23. The van der Waals surface area contributed by atoms with Crippen molar-refractivity contribution >= 4 is 0 Å². The second-order valence-corrected chi connectivity index (χ2v) is 4.80. The fraction of sp³-hybridized carbons (Fsp3) is 0.727. The molecule has 1 unspecified atom stereocenters. The Bertz CT molecular complexity index is 383. The van der Waals surface area contributed by atoms with E-state index in [9.17, 15) is 5.11 Å². The van der Waals surface area contributed by atoms with Crippen LogP contribution in [0.5, 0.6) is 0 Å². The molecule has 0 aliphatic heterocycles. The third-order valence-corrected chi connectivity index (χ3v) is 3.33. The van der Waals surface area contributed by atoms with Crippen LogP contribution in [0.3, 0.4) is 0 Å². The summed E-state index contributed by atoms with van der Waals surface area (Å²) in [5, 5.41) is 13.9. The van der Waals surface area contributed by atoms with Gasteiger partial charge in [0, 0.05) is 18.3 Å². The highest BCUT2D eigenvalue weighted by molar-refractivity contribution is 5.40. The maximum absolute atomic E-state index is 9.43. The smallest absolute Gasteiger partial charge is 0.0704 e. The van der Waals surface area contributed by atoms with Crippen molar-refractivity contribution in [3.63, 3.8) is 0 Å². The Kier molecular flexibility index (Phi) is 2.35. The molecular weight excluding hydrogens is 190 g/mol. The standard InChI is InChI=1S/C11H19N3O/c1-7(2)10-9-8(14(3)13-10)4-5-11(9,12)6-15/h7,15H,4-6,12H2,1-3H3. The van der Waals surface area contributed by atoms with Crippen molar-refractivity contribution in [2.24, 2.45) is 12.8 Å². The van der Waals surface area contributed by atoms with Gasteiger partial charge in [0.1, 0.15) is 0 Å². The average Bonchev–Trinajstić information content (AvgIpc) is 2.68. The van der Waals surface area contributed by atoms with Crippen LogP contribution in [0.4, 0.5) is 0 Å². The van der Waals surface area contributed by atoms with Gasteiger partial charge >= 0.3 is 0 Å². The highest BCUT2D eigenvalue weighted by Gasteiger charge is 2.40. The second-order valence-electron chi connectivity index (χ2n) is 4.80. The predicted molar refractivity (Wildman–Crippen MR) is 58.6 cm³/mol. The van der Waals surface area contributed by atoms with E-state index in [-0.39, 0.29) is 6.61 Å². The molecule has 1 heterocycles. The van der Waals surface area contributed by atoms with E-state index in [1.54, 1.807) is 0 Å². The topological polar surface area (TPSA) is 64.1 Å². The number of nitrogens with zero attached hydrogens (tertiary/aromatic N) is 2. The second kappa shape index (κ2) is 3.32. The monoisotopic (exact) mass is 209 g/mol. The Hall–Kier alpha value is -0.870. The third-order valence-electron chi connectivity index (χ3n) is 3.33. The van der Waals surface area contributed by atoms with Crippen molar-refractivity contribution in [1.29, 1.82) is 0 Å². The minimum Gasteiger partial charge on any atom is -0.394 e. The van der Waals surface area contributed by atoms with Gasteiger partial charge in [-0.15, -0.1) is 0 Å². The average molecular weight is 209 g/mol. The molecule has 4 heteroatoms. The van der Waals surface area contributed by atoms with Crippen molar-refractivity contribution in [1.82, 2.24) is 9.78 Å². The maximum atomic E-state index is 9.43. The van der Waals surface area contributed by atoms with Crippen molar-refractivity contribution in [3.8, 4) is 0 Å². The highest BCUT2D eigenvalue weighted by atomic mass is 16.3. The van der Waals surface area contributed by atoms with Crippen LogP contribution in [-0.4, -0.2) is 21.5 Å². The summed E-state index contributed by atoms with van der Waals surface area (Å²) in [5.41, 5.74) is 8.97. The summed E-state index contributed by atoms with van der Waals surface area (Å²) in [6.07, 6.45) is 1.74. The molecular formula is C11H19N3O. The first-order chi connectivity index (χ1) is 6.99. The molecule has 0 bridgehead atoms. The molecule has 1 aromatic heterocycles. The fourth-order valence-electron chi connectivity index (χ4n) is 2.44. The zero-order valence-corrected chi connectivity index (χ0v) is 9.62. The number of fused-ring (bicyclic) bond motifs is 1. The summed E-state index contributed by atoms with van der Waals surface area (Å²) in [4.78, 5) is 0. The Morgan fingerprint density at radius 1 is 1.60 bits per heavy atom. The molecule has 3 N–H and O–H groups in total. The molecule has 0 radical (unpaired) electrons. The molecule has 2 rings (SSSR count). The summed E-state index contributed by atoms with van der Waals surface area (Å²) in [5.74, 6) is 0.354. The third kappa shape index (κ3) is 1.40. The quantitative estimate of drug-likeness (QED) is 0.751. The van der Waals surface area contributed by atoms with Crippen molar-refractivity contribution in [3.05, 3.63) is 17.0 Å². The normalized spacial score (nSPS) is 24.9. The van der Waals surface area contributed by atoms with E-state index in [0.717, 1.165) is 24.1 Å². The number of aliphatic hydroxyl groups is 1. The molecule has 0 saturated heterocycles. The predicted octanol–water partition coefficient (Wildman–Crippen LogP) is 0.636. The van der Waals surface area contributed by atoms with Crippen LogP contribution in [-0.2, 0) is 19.0 Å². The minimum absolute atomic E-state index is 0.00537. The van der Waals surface area contributed by atoms with Gasteiger partial charge in [-0.3, -0.25) is 4.68 Å². The molecule has 0 spiro atoms. The van der Waals surface area contributed by atoms with Gasteiger partial charge < -0.3 is 10.8 Å². The number of hydrogen-bond acceptors (Lipinski definition) is 3. The van der Waals surface area contributed by atoms with Crippen LogP contribution < -0.4 is 5.73 Å². The lowest BCUT2D eigenvalue weighted by atomic mass is 9.90. The van der Waals surface area contributed by atoms with Gasteiger partial charge in [-0.05, 0) is 18.8 Å². The van der Waals surface area contributed by atoms with E-state index in [2.05, 4.69) is 18.9 Å². The Morgan fingerprint density at radius 2 is 2.27 bits per heavy atom. The maximum Gasteiger partial charge on any atom is 0.0704 e. The van der Waals surface area contributed by atoms with Crippen molar-refractivity contribution < 1.29 is 5.11 Å². The van der Waals surface area contributed by atoms with Crippen molar-refractivity contribution in [2.75, 3.05) is 6.61 Å². The molecule has 1 aliphatic carbocycles. The van der Waals surface area contributed by atoms with Crippen LogP contribution in [0, 0.1) is 0 Å². The largest absolute Gasteiger partial charge is 0.394 e. The summed E-state index contributed by atoms with van der Waals surface area (Å²) < 4.78 is 1.91. The molecule has 0 aromatic carbocycles. The Labute approximate surface area is 90.1 Å². The summed E-state index contributed by atoms with van der Waals surface area (Å²) >= 11 is 0. The Morgan fingerprint density at radius 3 is 2.80 bits per heavy atom. The molecule has 1 atom stereocenters. The molecule has 4 nitrogen and oxygen atoms in total. The number of nitrogens with two attached hydrogens (primary N) is 1. The van der Waals surface area contributed by atoms with E-state index < -0.39 is 5.54 Å². The zero-order valence-electron chi connectivity index (χ0n) is 9.62. The van der Waals surface area contributed by atoms with Crippen LogP contribution in [0.1, 0.15) is 43.1 Å². The van der Waals surface area contributed by atoms with Crippen LogP contribution in [0.25, 0.3) is 0 Å². The van der Waals surface area contributed by atoms with Crippen molar-refractivity contribution in [2.45, 2.75) is 38.1 Å². The number of aromatic nitrogens is 2. The van der Waals surface area contributed by atoms with Crippen LogP contribution >= 0.6 is 0 Å². The number of hydrogen-bond donors (Lipinski definition) is 2. The SMILES string of the molecule is CC(C)c1nn(C)c2c1C(N)(CO)CC2. The van der Waals surface area contributed by atoms with E-state index in [1.807, 2.05) is 11.7 Å². The molecule has 15 heavy (non-hydrogen) atoms. The van der Waals surface area contributed by atoms with Crippen LogP contribution in [0.15, 0.2) is 0 Å². The van der Waals surface area contributed by atoms with Gasteiger partial charge in [-0.2, -0.15) is 5.10 Å². The van der Waals surface area contributed by atoms with Gasteiger partial charge in [0.25, 0.3) is 0 Å². The number of rotatable bonds is 2. The molecule has 0 fully saturated rings. The van der Waals surface area contributed by atoms with Gasteiger partial charge in [-0.1, -0.05) is 13.8 Å². The summed E-state index contributed by atoms with van der Waals surface area (Å²) in [6, 6.07) is 0. The molecule has 1 aromatic rings. The highest BCUT2D eigenvalue weighted by Crippen LogP contribution is 2.38. The van der Waals surface area contributed by atoms with Gasteiger partial charge in [-0.25, -0.2) is 0 Å². The lowest BCUT2D eigenvalue weighted by Gasteiger charge is -2.23. The molecule has 1 aliphatic rings. The lowest BCUT2D eigenvalue weighted by molar-refractivity contribution is 0.195. The van der Waals surface area contributed by atoms with E-state index >= 15 is 0 Å². The fourth-order valence-corrected chi connectivity index (χ4v) is 2.44. The number of aryl methyl sites for hydroxylation is 1. The Balaban J connectivity index is 2.59. The molecule has 0 saturated carbocycles. The number of aliphatic hydroxyl groups excluding tert-OH is 1. The van der Waals surface area contributed by atoms with Gasteiger partial charge in [0.05, 0.1) is 17.8 Å². The molecule has 0 amide bonds. The van der Waals surface area contributed by atoms with Crippen LogP contribution in [0.2, 0.25) is 0 Å². The first kappa shape index (κ1) is 10.6. The van der Waals surface area contributed by atoms with Gasteiger partial charge in [0.15, 0.2) is 0 Å².